The predicted octanol–water partition coefficient (Wildman–Crippen LogP) is 5.46. The average molecular weight is 358 g/mol. The number of rotatable bonds is 4. The fraction of sp³-hybridized carbons (Fsp3) is 0.333. The van der Waals surface area contributed by atoms with Gasteiger partial charge in [0.15, 0.2) is 0 Å². The van der Waals surface area contributed by atoms with Crippen LogP contribution in [-0.4, -0.2) is 15.3 Å². The molecule has 0 aliphatic heterocycles. The van der Waals surface area contributed by atoms with Crippen molar-refractivity contribution in [3.8, 4) is 17.1 Å². The molecule has 0 N–H and O–H groups in total. The summed E-state index contributed by atoms with van der Waals surface area (Å²) in [5.41, 5.74) is 5.69. The third-order valence-electron chi connectivity index (χ3n) is 5.65. The first-order valence-electron chi connectivity index (χ1n) is 9.86. The van der Waals surface area contributed by atoms with E-state index in [-0.39, 0.29) is 5.92 Å². The van der Waals surface area contributed by atoms with Gasteiger partial charge in [0.1, 0.15) is 11.6 Å². The number of carbonyl (C=O) groups is 1. The highest BCUT2D eigenvalue weighted by Gasteiger charge is 2.22. The van der Waals surface area contributed by atoms with Crippen molar-refractivity contribution in [2.24, 2.45) is 5.92 Å². The van der Waals surface area contributed by atoms with Gasteiger partial charge in [-0.25, -0.2) is 4.98 Å². The fourth-order valence-corrected chi connectivity index (χ4v) is 4.11. The first-order valence-corrected chi connectivity index (χ1v) is 9.86. The van der Waals surface area contributed by atoms with Gasteiger partial charge in [0, 0.05) is 29.3 Å². The van der Waals surface area contributed by atoms with Gasteiger partial charge < -0.3 is 4.57 Å². The molecule has 1 atom stereocenters. The van der Waals surface area contributed by atoms with Crippen LogP contribution in [0.15, 0.2) is 54.6 Å². The first kappa shape index (κ1) is 17.7. The van der Waals surface area contributed by atoms with Gasteiger partial charge in [-0.05, 0) is 62.9 Å². The van der Waals surface area contributed by atoms with Crippen LogP contribution in [-0.2, 0) is 11.2 Å². The Morgan fingerprint density at radius 2 is 1.70 bits per heavy atom. The molecule has 0 spiro atoms. The molecule has 138 valence electrons. The van der Waals surface area contributed by atoms with E-state index in [1.54, 1.807) is 0 Å². The van der Waals surface area contributed by atoms with E-state index in [1.807, 2.05) is 6.07 Å². The van der Waals surface area contributed by atoms with Crippen LogP contribution in [0, 0.1) is 19.8 Å². The van der Waals surface area contributed by atoms with Crippen LogP contribution in [0.2, 0.25) is 0 Å². The fourth-order valence-electron chi connectivity index (χ4n) is 4.11. The number of pyridine rings is 1. The molecule has 0 radical (unpaired) electrons. The summed E-state index contributed by atoms with van der Waals surface area (Å²) in [6.45, 7) is 4.20. The van der Waals surface area contributed by atoms with Crippen molar-refractivity contribution in [1.82, 2.24) is 9.55 Å². The number of nitrogens with zero attached hydrogens (tertiary/aromatic N) is 2. The van der Waals surface area contributed by atoms with E-state index in [9.17, 15) is 4.79 Å². The maximum Gasteiger partial charge on any atom is 0.137 e. The van der Waals surface area contributed by atoms with Crippen molar-refractivity contribution >= 4 is 5.78 Å². The van der Waals surface area contributed by atoms with E-state index in [1.165, 1.54) is 23.4 Å². The van der Waals surface area contributed by atoms with Crippen LogP contribution in [0.5, 0.6) is 0 Å². The smallest absolute Gasteiger partial charge is 0.137 e. The monoisotopic (exact) mass is 358 g/mol. The van der Waals surface area contributed by atoms with E-state index in [0.29, 0.717) is 5.78 Å². The zero-order chi connectivity index (χ0) is 18.8. The number of Topliss-reactive ketones (excluding diaryl/α,β-unsaturated/α-hetero) is 1. The predicted molar refractivity (Wildman–Crippen MR) is 109 cm³/mol. The van der Waals surface area contributed by atoms with Gasteiger partial charge in [-0.2, -0.15) is 0 Å². The van der Waals surface area contributed by atoms with Crippen LogP contribution in [0.3, 0.4) is 0 Å². The van der Waals surface area contributed by atoms with Crippen molar-refractivity contribution in [1.29, 1.82) is 0 Å². The van der Waals surface area contributed by atoms with Crippen molar-refractivity contribution < 1.29 is 4.79 Å². The number of hydrogen-bond donors (Lipinski definition) is 0. The third-order valence-corrected chi connectivity index (χ3v) is 5.65. The second-order valence-electron chi connectivity index (χ2n) is 7.64. The molecule has 3 nitrogen and oxygen atoms in total. The van der Waals surface area contributed by atoms with E-state index in [0.717, 1.165) is 42.8 Å². The van der Waals surface area contributed by atoms with Gasteiger partial charge in [0.2, 0.25) is 0 Å². The number of aryl methyl sites for hydroxylation is 2. The van der Waals surface area contributed by atoms with Crippen molar-refractivity contribution in [3.05, 3.63) is 71.5 Å². The number of carbonyl (C=O) groups excluding carboxylic acids is 1. The Labute approximate surface area is 161 Å². The Kier molecular flexibility index (Phi) is 4.93. The van der Waals surface area contributed by atoms with E-state index in [4.69, 9.17) is 4.98 Å². The molecule has 3 aromatic rings. The third kappa shape index (κ3) is 3.73. The highest BCUT2D eigenvalue weighted by atomic mass is 16.1. The lowest BCUT2D eigenvalue weighted by Gasteiger charge is -2.20. The normalized spacial score (nSPS) is 17.3. The molecule has 0 bridgehead atoms. The van der Waals surface area contributed by atoms with Crippen LogP contribution in [0.25, 0.3) is 17.1 Å². The summed E-state index contributed by atoms with van der Waals surface area (Å²) in [6, 6.07) is 19.0. The summed E-state index contributed by atoms with van der Waals surface area (Å²) >= 11 is 0. The van der Waals surface area contributed by atoms with Gasteiger partial charge in [-0.15, -0.1) is 0 Å². The van der Waals surface area contributed by atoms with Crippen molar-refractivity contribution in [2.75, 3.05) is 0 Å². The number of benzene rings is 1. The minimum absolute atomic E-state index is 0.214. The summed E-state index contributed by atoms with van der Waals surface area (Å²) < 4.78 is 2.17. The Balaban J connectivity index is 1.56. The molecule has 2 heterocycles. The molecule has 0 amide bonds. The number of aromatic nitrogens is 2. The zero-order valence-electron chi connectivity index (χ0n) is 16.1. The van der Waals surface area contributed by atoms with Crippen molar-refractivity contribution in [3.63, 3.8) is 0 Å². The lowest BCUT2D eigenvalue weighted by atomic mass is 9.83. The highest BCUT2D eigenvalue weighted by Crippen LogP contribution is 2.26. The first-order chi connectivity index (χ1) is 13.1. The summed E-state index contributed by atoms with van der Waals surface area (Å²) in [5.74, 6) is 1.60. The quantitative estimate of drug-likeness (QED) is 0.621. The molecule has 27 heavy (non-hydrogen) atoms. The molecular formula is C24H26N2O. The van der Waals surface area contributed by atoms with E-state index >= 15 is 0 Å². The summed E-state index contributed by atoms with van der Waals surface area (Å²) in [4.78, 5) is 17.0. The molecule has 1 unspecified atom stereocenters. The van der Waals surface area contributed by atoms with Gasteiger partial charge in [0.25, 0.3) is 0 Å². The van der Waals surface area contributed by atoms with Crippen molar-refractivity contribution in [2.45, 2.75) is 46.0 Å². The molecule has 1 saturated carbocycles. The minimum atomic E-state index is 0.214. The standard InChI is InChI=1S/C24H26N2O/c1-17-10-11-18(2)26(17)24-9-5-7-22(25-24)20-14-12-19(13-15-20)16-21-6-3-4-8-23(21)27/h5,7,9-15,21H,3-4,6,8,16H2,1-2H3. The number of ketones is 1. The van der Waals surface area contributed by atoms with Gasteiger partial charge in [-0.3, -0.25) is 4.79 Å². The second-order valence-corrected chi connectivity index (χ2v) is 7.64. The SMILES string of the molecule is Cc1ccc(C)n1-c1cccc(-c2ccc(CC3CCCCC3=O)cc2)n1. The van der Waals surface area contributed by atoms with Gasteiger partial charge >= 0.3 is 0 Å². The molecule has 0 saturated heterocycles. The van der Waals surface area contributed by atoms with Crippen LogP contribution in [0.4, 0.5) is 0 Å². The molecule has 1 aliphatic rings. The molecular weight excluding hydrogens is 332 g/mol. The zero-order valence-corrected chi connectivity index (χ0v) is 16.1. The highest BCUT2D eigenvalue weighted by molar-refractivity contribution is 5.81. The van der Waals surface area contributed by atoms with Crippen LogP contribution < -0.4 is 0 Å². The summed E-state index contributed by atoms with van der Waals surface area (Å²) in [5, 5.41) is 0. The molecule has 4 rings (SSSR count). The van der Waals surface area contributed by atoms with Gasteiger partial charge in [-0.1, -0.05) is 36.8 Å². The molecule has 1 fully saturated rings. The average Bonchev–Trinajstić information content (AvgIpc) is 3.03. The lowest BCUT2D eigenvalue weighted by Crippen LogP contribution is -2.20. The second kappa shape index (κ2) is 7.51. The number of hydrogen-bond acceptors (Lipinski definition) is 2. The molecule has 1 aromatic carbocycles. The molecule has 2 aromatic heterocycles. The Morgan fingerprint density at radius 1 is 0.963 bits per heavy atom. The van der Waals surface area contributed by atoms with E-state index < -0.39 is 0 Å². The minimum Gasteiger partial charge on any atom is -0.303 e. The largest absolute Gasteiger partial charge is 0.303 e. The van der Waals surface area contributed by atoms with Crippen LogP contribution >= 0.6 is 0 Å². The van der Waals surface area contributed by atoms with Gasteiger partial charge in [0.05, 0.1) is 5.69 Å². The topological polar surface area (TPSA) is 34.9 Å². The molecule has 3 heteroatoms. The Morgan fingerprint density at radius 3 is 2.41 bits per heavy atom. The Hall–Kier alpha value is -2.68. The summed E-state index contributed by atoms with van der Waals surface area (Å²) in [6.07, 6.45) is 4.92. The Bertz CT molecular complexity index is 933. The maximum absolute atomic E-state index is 12.1. The molecule has 1 aliphatic carbocycles. The lowest BCUT2D eigenvalue weighted by molar-refractivity contribution is -0.124. The van der Waals surface area contributed by atoms with E-state index in [2.05, 4.69) is 66.9 Å². The van der Waals surface area contributed by atoms with Crippen LogP contribution in [0.1, 0.15) is 42.6 Å². The summed E-state index contributed by atoms with van der Waals surface area (Å²) in [7, 11) is 0. The maximum atomic E-state index is 12.1.